The molecule has 0 heterocycles. The second-order valence-electron chi connectivity index (χ2n) is 10.1. The predicted octanol–water partition coefficient (Wildman–Crippen LogP) is 3.20. The Morgan fingerprint density at radius 2 is 1.60 bits per heavy atom. The first-order valence-electron chi connectivity index (χ1n) is 14.2. The second-order valence-corrected chi connectivity index (χ2v) is 11.8. The Morgan fingerprint density at radius 3 is 2.34 bits per heavy atom. The standard InChI is InChI=1S/C31H34N6O9S/c1-20-12-14-25(47(45,46)37-31(42)33-24-10-5-7-21(17-24)13-15-28(39)36-44)19-26(20)22-8-6-9-23(18-22)29(40)34-30(41)32-16-4-2-3-11-27(38)35-43/h5-10,12-15,17-19,43-44H,2-4,11,16H2,1H3,(H,35,38)(H,36,39)(H2,33,37,42)(H2,32,34,40,41)/b15-13+. The van der Waals surface area contributed by atoms with E-state index in [4.69, 9.17) is 10.4 Å². The topological polar surface area (TPSA) is 232 Å². The van der Waals surface area contributed by atoms with Crippen LogP contribution in [0.1, 0.15) is 47.2 Å². The maximum absolute atomic E-state index is 13.1. The maximum Gasteiger partial charge on any atom is 0.333 e. The molecule has 16 heteroatoms. The Balaban J connectivity index is 1.64. The first-order valence-corrected chi connectivity index (χ1v) is 15.7. The largest absolute Gasteiger partial charge is 0.338 e. The van der Waals surface area contributed by atoms with Crippen molar-refractivity contribution in [2.75, 3.05) is 11.9 Å². The summed E-state index contributed by atoms with van der Waals surface area (Å²) < 4.78 is 28.2. The predicted molar refractivity (Wildman–Crippen MR) is 171 cm³/mol. The molecule has 0 atom stereocenters. The van der Waals surface area contributed by atoms with Crippen molar-refractivity contribution in [1.82, 2.24) is 26.3 Å². The number of carbonyl (C=O) groups is 5. The van der Waals surface area contributed by atoms with Gasteiger partial charge < -0.3 is 10.6 Å². The van der Waals surface area contributed by atoms with Gasteiger partial charge in [0.2, 0.25) is 5.91 Å². The van der Waals surface area contributed by atoms with Crippen molar-refractivity contribution in [2.45, 2.75) is 37.5 Å². The molecular formula is C31H34N6O9S. The number of hydrogen-bond donors (Lipinski definition) is 8. The fourth-order valence-corrected chi connectivity index (χ4v) is 5.17. The molecule has 0 aliphatic carbocycles. The molecule has 0 radical (unpaired) electrons. The molecule has 0 unspecified atom stereocenters. The Kier molecular flexibility index (Phi) is 13.1. The number of urea groups is 2. The van der Waals surface area contributed by atoms with E-state index in [-0.39, 0.29) is 29.1 Å². The van der Waals surface area contributed by atoms with Crippen molar-refractivity contribution in [1.29, 1.82) is 0 Å². The quantitative estimate of drug-likeness (QED) is 0.0578. The molecule has 248 valence electrons. The third-order valence-corrected chi connectivity index (χ3v) is 7.91. The summed E-state index contributed by atoms with van der Waals surface area (Å²) in [6.07, 6.45) is 4.30. The average Bonchev–Trinajstić information content (AvgIpc) is 3.05. The highest BCUT2D eigenvalue weighted by molar-refractivity contribution is 7.90. The lowest BCUT2D eigenvalue weighted by molar-refractivity contribution is -0.129. The van der Waals surface area contributed by atoms with E-state index >= 15 is 0 Å². The van der Waals surface area contributed by atoms with Crippen molar-refractivity contribution < 1.29 is 42.8 Å². The van der Waals surface area contributed by atoms with Crippen LogP contribution in [0.4, 0.5) is 15.3 Å². The van der Waals surface area contributed by atoms with Crippen LogP contribution in [-0.2, 0) is 19.6 Å². The summed E-state index contributed by atoms with van der Waals surface area (Å²) in [5, 5.41) is 24.3. The van der Waals surface area contributed by atoms with Gasteiger partial charge in [0, 0.05) is 30.3 Å². The number of amides is 7. The number of hydrogen-bond acceptors (Lipinski definition) is 9. The van der Waals surface area contributed by atoms with E-state index in [0.717, 1.165) is 6.08 Å². The molecule has 47 heavy (non-hydrogen) atoms. The van der Waals surface area contributed by atoms with Gasteiger partial charge in [0.25, 0.3) is 21.8 Å². The molecule has 0 saturated carbocycles. The maximum atomic E-state index is 13.1. The fraction of sp³-hybridized carbons (Fsp3) is 0.194. The van der Waals surface area contributed by atoms with E-state index in [2.05, 4.69) is 16.0 Å². The van der Waals surface area contributed by atoms with Gasteiger partial charge in [-0.3, -0.25) is 30.1 Å². The van der Waals surface area contributed by atoms with Crippen LogP contribution in [-0.4, -0.2) is 55.2 Å². The third-order valence-electron chi connectivity index (χ3n) is 6.58. The van der Waals surface area contributed by atoms with Crippen molar-refractivity contribution >= 4 is 51.6 Å². The van der Waals surface area contributed by atoms with Crippen molar-refractivity contribution in [3.05, 3.63) is 89.5 Å². The summed E-state index contributed by atoms with van der Waals surface area (Å²) in [5.74, 6) is -1.93. The first-order chi connectivity index (χ1) is 22.4. The summed E-state index contributed by atoms with van der Waals surface area (Å²) >= 11 is 0. The van der Waals surface area contributed by atoms with Crippen LogP contribution >= 0.6 is 0 Å². The highest BCUT2D eigenvalue weighted by atomic mass is 32.2. The molecule has 3 aromatic rings. The molecule has 0 spiro atoms. The molecule has 0 aliphatic rings. The minimum Gasteiger partial charge on any atom is -0.338 e. The van der Waals surface area contributed by atoms with Crippen LogP contribution in [0.2, 0.25) is 0 Å². The average molecular weight is 667 g/mol. The lowest BCUT2D eigenvalue weighted by Gasteiger charge is -2.13. The lowest BCUT2D eigenvalue weighted by Crippen LogP contribution is -2.39. The van der Waals surface area contributed by atoms with Crippen molar-refractivity contribution in [3.63, 3.8) is 0 Å². The summed E-state index contributed by atoms with van der Waals surface area (Å²) in [7, 11) is -4.34. The normalized spacial score (nSPS) is 11.0. The Hall–Kier alpha value is -5.58. The van der Waals surface area contributed by atoms with Gasteiger partial charge in [0.15, 0.2) is 0 Å². The number of carbonyl (C=O) groups excluding carboxylic acids is 5. The summed E-state index contributed by atoms with van der Waals surface area (Å²) in [4.78, 5) is 59.5. The molecular weight excluding hydrogens is 632 g/mol. The van der Waals surface area contributed by atoms with Crippen LogP contribution in [0.5, 0.6) is 0 Å². The summed E-state index contributed by atoms with van der Waals surface area (Å²) in [6.45, 7) is 2.01. The summed E-state index contributed by atoms with van der Waals surface area (Å²) in [6, 6.07) is 14.9. The number of aryl methyl sites for hydroxylation is 1. The molecule has 0 bridgehead atoms. The van der Waals surface area contributed by atoms with Crippen LogP contribution in [0, 0.1) is 6.92 Å². The Labute approximate surface area is 270 Å². The van der Waals surface area contributed by atoms with Crippen molar-refractivity contribution in [2.24, 2.45) is 0 Å². The van der Waals surface area contributed by atoms with Gasteiger partial charge >= 0.3 is 12.1 Å². The van der Waals surface area contributed by atoms with E-state index in [1.807, 2.05) is 4.72 Å². The first kappa shape index (κ1) is 35.9. The van der Waals surface area contributed by atoms with E-state index in [9.17, 15) is 32.4 Å². The van der Waals surface area contributed by atoms with Gasteiger partial charge in [-0.1, -0.05) is 36.8 Å². The lowest BCUT2D eigenvalue weighted by atomic mass is 9.99. The van der Waals surface area contributed by atoms with Crippen LogP contribution in [0.3, 0.4) is 0 Å². The molecule has 0 fully saturated rings. The molecule has 8 N–H and O–H groups in total. The number of sulfonamides is 1. The Morgan fingerprint density at radius 1 is 0.830 bits per heavy atom. The zero-order valence-electron chi connectivity index (χ0n) is 25.2. The zero-order chi connectivity index (χ0) is 34.4. The molecule has 0 saturated heterocycles. The number of unbranched alkanes of at least 4 members (excludes halogenated alkanes) is 2. The molecule has 7 amide bonds. The molecule has 3 rings (SSSR count). The number of anilines is 1. The van der Waals surface area contributed by atoms with E-state index in [1.165, 1.54) is 48.0 Å². The highest BCUT2D eigenvalue weighted by Crippen LogP contribution is 2.27. The van der Waals surface area contributed by atoms with Gasteiger partial charge in [-0.25, -0.2) is 33.7 Å². The minimum absolute atomic E-state index is 0.145. The summed E-state index contributed by atoms with van der Waals surface area (Å²) in [5.41, 5.74) is 5.51. The number of rotatable bonds is 13. The van der Waals surface area contributed by atoms with Crippen LogP contribution in [0.15, 0.2) is 77.7 Å². The SMILES string of the molecule is Cc1ccc(S(=O)(=O)NC(=O)Nc2cccc(/C=C/C(=O)NO)c2)cc1-c1cccc(C(=O)NC(=O)NCCCCCC(=O)NO)c1. The highest BCUT2D eigenvalue weighted by Gasteiger charge is 2.20. The van der Waals surface area contributed by atoms with Gasteiger partial charge in [-0.05, 0) is 84.5 Å². The molecule has 0 aliphatic heterocycles. The monoisotopic (exact) mass is 666 g/mol. The number of nitrogens with one attached hydrogen (secondary N) is 6. The van der Waals surface area contributed by atoms with E-state index < -0.39 is 39.8 Å². The Bertz CT molecular complexity index is 1780. The van der Waals surface area contributed by atoms with Crippen LogP contribution in [0.25, 0.3) is 17.2 Å². The van der Waals surface area contributed by atoms with Gasteiger partial charge in [0.05, 0.1) is 4.90 Å². The number of benzene rings is 3. The van der Waals surface area contributed by atoms with Gasteiger partial charge in [0.1, 0.15) is 0 Å². The second kappa shape index (κ2) is 17.2. The zero-order valence-corrected chi connectivity index (χ0v) is 26.0. The smallest absolute Gasteiger partial charge is 0.333 e. The minimum atomic E-state index is -4.34. The fourth-order valence-electron chi connectivity index (χ4n) is 4.24. The molecule has 15 nitrogen and oxygen atoms in total. The van der Waals surface area contributed by atoms with E-state index in [0.29, 0.717) is 41.5 Å². The van der Waals surface area contributed by atoms with Crippen LogP contribution < -0.4 is 31.6 Å². The number of hydroxylamine groups is 2. The molecule has 3 aromatic carbocycles. The van der Waals surface area contributed by atoms with E-state index in [1.54, 1.807) is 42.7 Å². The van der Waals surface area contributed by atoms with Gasteiger partial charge in [-0.2, -0.15) is 0 Å². The number of imide groups is 1. The third kappa shape index (κ3) is 11.4. The van der Waals surface area contributed by atoms with Crippen molar-refractivity contribution in [3.8, 4) is 11.1 Å². The van der Waals surface area contributed by atoms with Gasteiger partial charge in [-0.15, -0.1) is 0 Å². The molecule has 0 aromatic heterocycles.